The van der Waals surface area contributed by atoms with Crippen LogP contribution in [0.5, 0.6) is 0 Å². The van der Waals surface area contributed by atoms with Gasteiger partial charge in [0.1, 0.15) is 15.7 Å². The molecule has 0 radical (unpaired) electrons. The summed E-state index contributed by atoms with van der Waals surface area (Å²) >= 11 is 6.74. The Hall–Kier alpha value is -3.09. The van der Waals surface area contributed by atoms with Crippen LogP contribution in [0.3, 0.4) is 0 Å². The number of nitrogens with one attached hydrogen (secondary N) is 1. The third-order valence-electron chi connectivity index (χ3n) is 5.23. The van der Waals surface area contributed by atoms with E-state index in [1.807, 2.05) is 41.5 Å². The van der Waals surface area contributed by atoms with E-state index in [0.29, 0.717) is 27.0 Å². The van der Waals surface area contributed by atoms with Gasteiger partial charge in [0.25, 0.3) is 15.9 Å². The molecule has 0 unspecified atom stereocenters. The number of alkyl halides is 3. The van der Waals surface area contributed by atoms with Crippen molar-refractivity contribution in [3.05, 3.63) is 76.3 Å². The smallest absolute Gasteiger partial charge is 0.363 e. The van der Waals surface area contributed by atoms with Gasteiger partial charge in [0, 0.05) is 32.7 Å². The van der Waals surface area contributed by atoms with Crippen LogP contribution in [-0.4, -0.2) is 44.3 Å². The molecule has 240 valence electrons. The summed E-state index contributed by atoms with van der Waals surface area (Å²) in [5, 5.41) is 2.65. The molecule has 1 amide bonds. The van der Waals surface area contributed by atoms with E-state index >= 15 is 0 Å². The van der Waals surface area contributed by atoms with Crippen molar-refractivity contribution < 1.29 is 26.4 Å². The Bertz CT molecular complexity index is 1410. The van der Waals surface area contributed by atoms with Gasteiger partial charge in [-0.1, -0.05) is 71.9 Å². The van der Waals surface area contributed by atoms with Crippen molar-refractivity contribution in [2.75, 3.05) is 25.5 Å². The summed E-state index contributed by atoms with van der Waals surface area (Å²) in [6.07, 6.45) is -4.45. The number of benzene rings is 1. The molecular formula is C30H42ClF3N4O3S2. The highest BCUT2D eigenvalue weighted by atomic mass is 35.5. The lowest BCUT2D eigenvalue weighted by Crippen LogP contribution is -2.37. The van der Waals surface area contributed by atoms with Gasteiger partial charge < -0.3 is 10.2 Å². The summed E-state index contributed by atoms with van der Waals surface area (Å²) in [7, 11) is -0.514. The van der Waals surface area contributed by atoms with E-state index in [4.69, 9.17) is 11.6 Å². The second-order valence-corrected chi connectivity index (χ2v) is 11.9. The van der Waals surface area contributed by atoms with E-state index < -0.39 is 27.7 Å². The fourth-order valence-corrected chi connectivity index (χ4v) is 6.37. The Balaban J connectivity index is 0.00000276. The summed E-state index contributed by atoms with van der Waals surface area (Å²) in [6, 6.07) is 10.8. The lowest BCUT2D eigenvalue weighted by atomic mass is 10.1. The second-order valence-electron chi connectivity index (χ2n) is 8.05. The van der Waals surface area contributed by atoms with Crippen molar-refractivity contribution in [1.29, 1.82) is 0 Å². The van der Waals surface area contributed by atoms with Crippen LogP contribution in [0.1, 0.15) is 59.6 Å². The van der Waals surface area contributed by atoms with Crippen molar-refractivity contribution in [2.45, 2.75) is 65.4 Å². The number of aromatic nitrogens is 1. The minimum Gasteiger partial charge on any atom is -0.363 e. The van der Waals surface area contributed by atoms with Crippen LogP contribution in [0, 0.1) is 0 Å². The van der Waals surface area contributed by atoms with Crippen molar-refractivity contribution in [1.82, 2.24) is 14.6 Å². The number of hydrogen-bond donors (Lipinski definition) is 1. The predicted octanol–water partition coefficient (Wildman–Crippen LogP) is 8.47. The number of amides is 1. The van der Waals surface area contributed by atoms with Crippen LogP contribution >= 0.6 is 22.9 Å². The molecule has 0 aliphatic rings. The topological polar surface area (TPSA) is 82.6 Å². The summed E-state index contributed by atoms with van der Waals surface area (Å²) in [6.45, 7) is 17.2. The second kappa shape index (κ2) is 18.5. The zero-order chi connectivity index (χ0) is 33.5. The Morgan fingerprint density at radius 2 is 1.56 bits per heavy atom. The molecule has 0 saturated heterocycles. The van der Waals surface area contributed by atoms with Gasteiger partial charge in [0.05, 0.1) is 15.6 Å². The van der Waals surface area contributed by atoms with Gasteiger partial charge in [0.2, 0.25) is 0 Å². The molecule has 1 aromatic carbocycles. The number of likely N-dealkylation sites (N-methyl/N-ethyl adjacent to an activating group) is 1. The molecule has 0 atom stereocenters. The Labute approximate surface area is 263 Å². The normalized spacial score (nSPS) is 10.5. The monoisotopic (exact) mass is 662 g/mol. The maximum Gasteiger partial charge on any atom is 0.416 e. The highest BCUT2D eigenvalue weighted by Gasteiger charge is 2.30. The number of anilines is 1. The molecule has 0 spiro atoms. The lowest BCUT2D eigenvalue weighted by molar-refractivity contribution is -0.137. The number of thiophene rings is 1. The molecule has 2 heterocycles. The zero-order valence-corrected chi connectivity index (χ0v) is 28.5. The summed E-state index contributed by atoms with van der Waals surface area (Å²) in [4.78, 5) is 19.0. The summed E-state index contributed by atoms with van der Waals surface area (Å²) in [5.74, 6) is -0.180. The zero-order valence-electron chi connectivity index (χ0n) is 26.1. The molecule has 1 N–H and O–H groups in total. The number of halogens is 4. The minimum absolute atomic E-state index is 0.00270. The number of carbonyl (C=O) groups is 1. The first kappa shape index (κ1) is 39.9. The summed E-state index contributed by atoms with van der Waals surface area (Å²) in [5.41, 5.74) is 0.440. The molecule has 0 bridgehead atoms. The predicted molar refractivity (Wildman–Crippen MR) is 173 cm³/mol. The van der Waals surface area contributed by atoms with Crippen LogP contribution in [-0.2, 0) is 27.5 Å². The number of hydrogen-bond acceptors (Lipinski definition) is 6. The van der Waals surface area contributed by atoms with Crippen LogP contribution < -0.4 is 10.2 Å². The van der Waals surface area contributed by atoms with Gasteiger partial charge in [-0.3, -0.25) is 9.10 Å². The summed E-state index contributed by atoms with van der Waals surface area (Å²) < 4.78 is 65.9. The van der Waals surface area contributed by atoms with Crippen molar-refractivity contribution >= 4 is 44.7 Å². The maximum atomic E-state index is 13.0. The number of pyridine rings is 1. The maximum absolute atomic E-state index is 13.0. The van der Waals surface area contributed by atoms with Gasteiger partial charge in [-0.2, -0.15) is 13.2 Å². The molecule has 43 heavy (non-hydrogen) atoms. The largest absolute Gasteiger partial charge is 0.416 e. The van der Waals surface area contributed by atoms with Crippen molar-refractivity contribution in [2.24, 2.45) is 0 Å². The molecule has 7 nitrogen and oxygen atoms in total. The van der Waals surface area contributed by atoms with Gasteiger partial charge in [0.15, 0.2) is 0 Å². The quantitative estimate of drug-likeness (QED) is 0.233. The minimum atomic E-state index is -4.45. The van der Waals surface area contributed by atoms with E-state index in [2.05, 4.69) is 16.9 Å². The fraction of sp³-hybridized carbons (Fsp3) is 0.400. The number of sulfonamides is 1. The first-order chi connectivity index (χ1) is 20.2. The van der Waals surface area contributed by atoms with Crippen LogP contribution in [0.4, 0.5) is 19.0 Å². The van der Waals surface area contributed by atoms with Crippen LogP contribution in [0.2, 0.25) is 4.34 Å². The molecule has 0 aliphatic heterocycles. The Kier molecular flexibility index (Phi) is 17.2. The van der Waals surface area contributed by atoms with E-state index in [1.165, 1.54) is 24.3 Å². The van der Waals surface area contributed by atoms with Crippen LogP contribution in [0.15, 0.2) is 65.0 Å². The highest BCUT2D eigenvalue weighted by molar-refractivity contribution is 7.91. The molecule has 3 rings (SSSR count). The van der Waals surface area contributed by atoms with E-state index in [-0.39, 0.29) is 23.0 Å². The Morgan fingerprint density at radius 1 is 1.00 bits per heavy atom. The average Bonchev–Trinajstić information content (AvgIpc) is 3.45. The standard InChI is InChI=1S/C24H24ClF3N4O3S2.3C2H6/c1-5-32(37(34,35)22-11-10-20(25)36-22)15(2)23(33)29-14-16-12-19(30-21(13-16)31(3)4)17-6-8-18(9-7-17)24(26,27)28;3*1-2/h6-13H,2,5,14H2,1,3-4H3,(H,29,33);3*1-2H3. The highest BCUT2D eigenvalue weighted by Crippen LogP contribution is 2.32. The molecule has 0 aliphatic carbocycles. The number of carbonyl (C=O) groups excluding carboxylic acids is 1. The Morgan fingerprint density at radius 3 is 2.00 bits per heavy atom. The fourth-order valence-electron chi connectivity index (χ4n) is 3.33. The third kappa shape index (κ3) is 11.2. The molecule has 3 aromatic rings. The first-order valence-electron chi connectivity index (χ1n) is 13.8. The van der Waals surface area contributed by atoms with Gasteiger partial charge in [-0.05, 0) is 48.9 Å². The van der Waals surface area contributed by atoms with E-state index in [0.717, 1.165) is 27.8 Å². The van der Waals surface area contributed by atoms with Crippen LogP contribution in [0.25, 0.3) is 11.3 Å². The molecule has 0 fully saturated rings. The van der Waals surface area contributed by atoms with Gasteiger partial charge >= 0.3 is 6.18 Å². The van der Waals surface area contributed by atoms with Crippen molar-refractivity contribution in [3.8, 4) is 11.3 Å². The third-order valence-corrected chi connectivity index (χ3v) is 8.85. The number of rotatable bonds is 9. The van der Waals surface area contributed by atoms with E-state index in [9.17, 15) is 26.4 Å². The van der Waals surface area contributed by atoms with Crippen molar-refractivity contribution in [3.63, 3.8) is 0 Å². The molecule has 13 heteroatoms. The number of nitrogens with zero attached hydrogens (tertiary/aromatic N) is 3. The average molecular weight is 663 g/mol. The van der Waals surface area contributed by atoms with E-state index in [1.54, 1.807) is 38.1 Å². The molecular weight excluding hydrogens is 621 g/mol. The lowest BCUT2D eigenvalue weighted by Gasteiger charge is -2.23. The molecule has 0 saturated carbocycles. The van der Waals surface area contributed by atoms with Gasteiger partial charge in [-0.15, -0.1) is 11.3 Å². The molecule has 2 aromatic heterocycles. The SMILES string of the molecule is C=C(C(=O)NCc1cc(-c2ccc(C(F)(F)F)cc2)nc(N(C)C)c1)N(CC)S(=O)(=O)c1ccc(Cl)s1.CC.CC.CC. The van der Waals surface area contributed by atoms with Gasteiger partial charge in [-0.25, -0.2) is 13.4 Å². The first-order valence-corrected chi connectivity index (χ1v) is 16.5.